The van der Waals surface area contributed by atoms with Crippen LogP contribution in [-0.4, -0.2) is 0 Å². The molecule has 0 aliphatic rings. The zero-order valence-electron chi connectivity index (χ0n) is 5.65. The Morgan fingerprint density at radius 2 is 2.12 bits per heavy atom. The van der Waals surface area contributed by atoms with Gasteiger partial charge < -0.3 is 0 Å². The average molecular weight is 109 g/mol. The summed E-state index contributed by atoms with van der Waals surface area (Å²) >= 11 is 0. The minimum absolute atomic E-state index is 0.478. The van der Waals surface area contributed by atoms with Crippen molar-refractivity contribution < 1.29 is 0 Å². The summed E-state index contributed by atoms with van der Waals surface area (Å²) in [7, 11) is 0. The monoisotopic (exact) mass is 109 g/mol. The van der Waals surface area contributed by atoms with Crippen LogP contribution in [0.15, 0.2) is 0 Å². The Labute approximate surface area is 52.3 Å². The first kappa shape index (κ1) is 7.56. The fraction of sp³-hybridized carbons (Fsp3) is 0.625. The van der Waals surface area contributed by atoms with Crippen LogP contribution in [0.25, 0.3) is 0 Å². The molecule has 0 rings (SSSR count). The van der Waals surface area contributed by atoms with Crippen LogP contribution in [0.2, 0.25) is 0 Å². The molecule has 0 fully saturated rings. The van der Waals surface area contributed by atoms with E-state index in [9.17, 15) is 0 Å². The van der Waals surface area contributed by atoms with Gasteiger partial charge in [0.05, 0.1) is 0 Å². The van der Waals surface area contributed by atoms with Gasteiger partial charge in [0.25, 0.3) is 0 Å². The molecule has 0 nitrogen and oxygen atoms in total. The number of hydrogen-bond donors (Lipinski definition) is 0. The summed E-state index contributed by atoms with van der Waals surface area (Å²) in [5.41, 5.74) is 0. The zero-order valence-corrected chi connectivity index (χ0v) is 5.65. The highest BCUT2D eigenvalue weighted by atomic mass is 14.1. The lowest BCUT2D eigenvalue weighted by atomic mass is 9.95. The lowest BCUT2D eigenvalue weighted by Crippen LogP contribution is -2.01. The Hall–Kier alpha value is -0.440. The van der Waals surface area contributed by atoms with E-state index in [-0.39, 0.29) is 0 Å². The Kier molecular flexibility index (Phi) is 3.35. The first-order chi connectivity index (χ1) is 3.68. The molecule has 0 aliphatic heterocycles. The Morgan fingerprint density at radius 1 is 1.62 bits per heavy atom. The normalized spacial score (nSPS) is 13.4. The van der Waals surface area contributed by atoms with E-state index < -0.39 is 0 Å². The number of hydrogen-bond acceptors (Lipinski definition) is 0. The van der Waals surface area contributed by atoms with E-state index in [1.807, 2.05) is 0 Å². The van der Waals surface area contributed by atoms with Crippen LogP contribution in [0.5, 0.6) is 0 Å². The van der Waals surface area contributed by atoms with Crippen molar-refractivity contribution in [2.24, 2.45) is 11.8 Å². The van der Waals surface area contributed by atoms with Gasteiger partial charge in [0.15, 0.2) is 0 Å². The van der Waals surface area contributed by atoms with Gasteiger partial charge in [-0.3, -0.25) is 0 Å². The van der Waals surface area contributed by atoms with Crippen LogP contribution in [0, 0.1) is 31.1 Å². The standard InChI is InChI=1S/C8H13/c1-5-6-8(4)7(2)3/h1,7-8H,2,6H2,3-4H3. The summed E-state index contributed by atoms with van der Waals surface area (Å²) < 4.78 is 0. The summed E-state index contributed by atoms with van der Waals surface area (Å²) in [5, 5.41) is 0. The van der Waals surface area contributed by atoms with Gasteiger partial charge in [-0.25, -0.2) is 0 Å². The van der Waals surface area contributed by atoms with E-state index in [1.54, 1.807) is 0 Å². The molecule has 0 saturated heterocycles. The van der Waals surface area contributed by atoms with Gasteiger partial charge in [0.1, 0.15) is 0 Å². The molecular formula is C8H13. The van der Waals surface area contributed by atoms with E-state index in [0.29, 0.717) is 11.8 Å². The molecule has 0 N–H and O–H groups in total. The molecule has 0 heterocycles. The minimum Gasteiger partial charge on any atom is -0.120 e. The first-order valence-electron chi connectivity index (χ1n) is 2.95. The first-order valence-corrected chi connectivity index (χ1v) is 2.95. The van der Waals surface area contributed by atoms with Crippen molar-refractivity contribution in [3.05, 3.63) is 6.92 Å². The molecule has 0 aromatic heterocycles. The molecule has 0 spiro atoms. The van der Waals surface area contributed by atoms with E-state index in [0.717, 1.165) is 6.42 Å². The summed E-state index contributed by atoms with van der Waals surface area (Å²) in [6.45, 7) is 8.07. The molecule has 0 aromatic rings. The van der Waals surface area contributed by atoms with Crippen molar-refractivity contribution >= 4 is 0 Å². The fourth-order valence-electron chi connectivity index (χ4n) is 0.387. The van der Waals surface area contributed by atoms with Gasteiger partial charge in [-0.2, -0.15) is 0 Å². The van der Waals surface area contributed by atoms with Crippen LogP contribution in [0.1, 0.15) is 20.3 Å². The lowest BCUT2D eigenvalue weighted by molar-refractivity contribution is 0.469. The van der Waals surface area contributed by atoms with E-state index in [1.165, 1.54) is 0 Å². The smallest absolute Gasteiger partial charge is 0.0114 e. The number of rotatable bonds is 2. The maximum Gasteiger partial charge on any atom is 0.0114 e. The Balaban J connectivity index is 3.35. The van der Waals surface area contributed by atoms with Crippen LogP contribution in [0.4, 0.5) is 0 Å². The van der Waals surface area contributed by atoms with Crippen LogP contribution < -0.4 is 0 Å². The zero-order chi connectivity index (χ0) is 6.57. The maximum atomic E-state index is 5.09. The Morgan fingerprint density at radius 3 is 2.25 bits per heavy atom. The van der Waals surface area contributed by atoms with Crippen LogP contribution >= 0.6 is 0 Å². The fourth-order valence-corrected chi connectivity index (χ4v) is 0.387. The number of terminal acetylenes is 1. The maximum absolute atomic E-state index is 5.09. The third kappa shape index (κ3) is 2.69. The molecule has 0 aliphatic carbocycles. The molecule has 0 saturated carbocycles. The summed E-state index contributed by atoms with van der Waals surface area (Å²) in [4.78, 5) is 0. The highest BCUT2D eigenvalue weighted by Gasteiger charge is 2.03. The average Bonchev–Trinajstić information content (AvgIpc) is 1.67. The van der Waals surface area contributed by atoms with Crippen molar-refractivity contribution in [3.63, 3.8) is 0 Å². The van der Waals surface area contributed by atoms with Crippen molar-refractivity contribution in [1.29, 1.82) is 0 Å². The molecule has 0 aromatic carbocycles. The molecule has 8 heavy (non-hydrogen) atoms. The van der Waals surface area contributed by atoms with Gasteiger partial charge in [0, 0.05) is 6.42 Å². The van der Waals surface area contributed by atoms with E-state index >= 15 is 0 Å². The summed E-state index contributed by atoms with van der Waals surface area (Å²) in [6.07, 6.45) is 5.94. The predicted octanol–water partition coefficient (Wildman–Crippen LogP) is 2.12. The summed E-state index contributed by atoms with van der Waals surface area (Å²) in [6, 6.07) is 0. The van der Waals surface area contributed by atoms with Gasteiger partial charge in [-0.05, 0) is 11.8 Å². The second-order valence-corrected chi connectivity index (χ2v) is 2.36. The van der Waals surface area contributed by atoms with Crippen LogP contribution in [-0.2, 0) is 0 Å². The lowest BCUT2D eigenvalue weighted by Gasteiger charge is -2.09. The second kappa shape index (κ2) is 3.55. The van der Waals surface area contributed by atoms with Gasteiger partial charge in [-0.1, -0.05) is 20.8 Å². The third-order valence-corrected chi connectivity index (χ3v) is 1.41. The molecule has 0 bridgehead atoms. The molecule has 0 amide bonds. The quantitative estimate of drug-likeness (QED) is 0.476. The SMILES string of the molecule is C#CCC(C)C([CH2])C. The molecular weight excluding hydrogens is 96.1 g/mol. The predicted molar refractivity (Wildman–Crippen MR) is 37.1 cm³/mol. The van der Waals surface area contributed by atoms with Crippen molar-refractivity contribution in [2.45, 2.75) is 20.3 Å². The third-order valence-electron chi connectivity index (χ3n) is 1.41. The van der Waals surface area contributed by atoms with E-state index in [2.05, 4.69) is 26.7 Å². The van der Waals surface area contributed by atoms with Crippen LogP contribution in [0.3, 0.4) is 0 Å². The highest BCUT2D eigenvalue weighted by molar-refractivity contribution is 4.87. The molecule has 45 valence electrons. The summed E-state index contributed by atoms with van der Waals surface area (Å²) in [5.74, 6) is 3.66. The van der Waals surface area contributed by atoms with Crippen molar-refractivity contribution in [2.75, 3.05) is 0 Å². The van der Waals surface area contributed by atoms with Gasteiger partial charge in [-0.15, -0.1) is 12.3 Å². The Bertz CT molecular complexity index is 84.7. The molecule has 2 atom stereocenters. The topological polar surface area (TPSA) is 0 Å². The van der Waals surface area contributed by atoms with Gasteiger partial charge in [0.2, 0.25) is 0 Å². The highest BCUT2D eigenvalue weighted by Crippen LogP contribution is 2.11. The van der Waals surface area contributed by atoms with E-state index in [4.69, 9.17) is 6.42 Å². The molecule has 2 unspecified atom stereocenters. The second-order valence-electron chi connectivity index (χ2n) is 2.36. The van der Waals surface area contributed by atoms with Crippen molar-refractivity contribution in [3.8, 4) is 12.3 Å². The van der Waals surface area contributed by atoms with Gasteiger partial charge >= 0.3 is 0 Å². The van der Waals surface area contributed by atoms with Crippen molar-refractivity contribution in [1.82, 2.24) is 0 Å². The largest absolute Gasteiger partial charge is 0.120 e. The minimum atomic E-state index is 0.478. The molecule has 0 heteroatoms. The molecule has 1 radical (unpaired) electrons.